The number of carbonyl (C=O) groups is 1. The number of anilines is 1. The first-order chi connectivity index (χ1) is 10.9. The van der Waals surface area contributed by atoms with Gasteiger partial charge in [-0.1, -0.05) is 26.8 Å². The zero-order valence-electron chi connectivity index (χ0n) is 14.2. The third-order valence-electron chi connectivity index (χ3n) is 3.76. The van der Waals surface area contributed by atoms with Crippen LogP contribution in [-0.4, -0.2) is 15.5 Å². The van der Waals surface area contributed by atoms with Crippen molar-refractivity contribution in [2.24, 2.45) is 11.8 Å². The molecule has 0 saturated carbocycles. The Labute approximate surface area is 136 Å². The molecular formula is C18H25N3O2. The van der Waals surface area contributed by atoms with Crippen molar-refractivity contribution in [1.82, 2.24) is 9.55 Å². The zero-order valence-corrected chi connectivity index (χ0v) is 14.2. The zero-order chi connectivity index (χ0) is 17.0. The maximum atomic E-state index is 12.2. The first kappa shape index (κ1) is 17.1. The van der Waals surface area contributed by atoms with Gasteiger partial charge in [-0.15, -0.1) is 0 Å². The summed E-state index contributed by atoms with van der Waals surface area (Å²) in [7, 11) is 0. The van der Waals surface area contributed by atoms with Crippen molar-refractivity contribution in [3.63, 3.8) is 0 Å². The number of carbonyl (C=O) groups excluding carboxylic acids is 1. The highest BCUT2D eigenvalue weighted by Gasteiger charge is 2.12. The molecule has 5 nitrogen and oxygen atoms in total. The molecule has 124 valence electrons. The largest absolute Gasteiger partial charge is 0.330 e. The fourth-order valence-electron chi connectivity index (χ4n) is 2.92. The number of aromatic nitrogens is 2. The maximum Gasteiger partial charge on any atom is 0.330 e. The van der Waals surface area contributed by atoms with E-state index in [0.717, 1.165) is 17.8 Å². The first-order valence-electron chi connectivity index (χ1n) is 8.04. The molecule has 1 atom stereocenters. The van der Waals surface area contributed by atoms with Crippen molar-refractivity contribution >= 4 is 11.6 Å². The van der Waals surface area contributed by atoms with E-state index in [9.17, 15) is 9.59 Å². The summed E-state index contributed by atoms with van der Waals surface area (Å²) in [5, 5.41) is 2.92. The number of rotatable bonds is 6. The second-order valence-corrected chi connectivity index (χ2v) is 6.61. The van der Waals surface area contributed by atoms with Gasteiger partial charge in [-0.3, -0.25) is 9.36 Å². The molecule has 1 amide bonds. The number of imidazole rings is 1. The van der Waals surface area contributed by atoms with Crippen LogP contribution in [0, 0.1) is 18.8 Å². The van der Waals surface area contributed by atoms with Crippen LogP contribution in [0.3, 0.4) is 0 Å². The van der Waals surface area contributed by atoms with Crippen molar-refractivity contribution in [1.29, 1.82) is 0 Å². The smallest absolute Gasteiger partial charge is 0.326 e. The summed E-state index contributed by atoms with van der Waals surface area (Å²) in [6.45, 7) is 8.28. The topological polar surface area (TPSA) is 66.9 Å². The number of aromatic amines is 1. The van der Waals surface area contributed by atoms with Crippen LogP contribution in [0.4, 0.5) is 5.69 Å². The highest BCUT2D eigenvalue weighted by atomic mass is 16.2. The van der Waals surface area contributed by atoms with Crippen LogP contribution in [0.1, 0.15) is 39.3 Å². The molecule has 5 heteroatoms. The fraction of sp³-hybridized carbons (Fsp3) is 0.444. The Morgan fingerprint density at radius 2 is 2.04 bits per heavy atom. The third-order valence-corrected chi connectivity index (χ3v) is 3.76. The summed E-state index contributed by atoms with van der Waals surface area (Å²) in [6.07, 6.45) is 3.21. The minimum atomic E-state index is -0.184. The fourth-order valence-corrected chi connectivity index (χ4v) is 2.92. The summed E-state index contributed by atoms with van der Waals surface area (Å²) in [5.74, 6) is 0.950. The van der Waals surface area contributed by atoms with E-state index in [1.807, 2.05) is 31.2 Å². The predicted molar refractivity (Wildman–Crippen MR) is 93.0 cm³/mol. The van der Waals surface area contributed by atoms with E-state index in [2.05, 4.69) is 31.1 Å². The van der Waals surface area contributed by atoms with E-state index < -0.39 is 0 Å². The van der Waals surface area contributed by atoms with Gasteiger partial charge in [0, 0.05) is 24.0 Å². The van der Waals surface area contributed by atoms with E-state index in [1.54, 1.807) is 10.8 Å². The van der Waals surface area contributed by atoms with Gasteiger partial charge in [0.2, 0.25) is 5.91 Å². The number of H-pyrrole nitrogens is 1. The van der Waals surface area contributed by atoms with Crippen LogP contribution >= 0.6 is 0 Å². The Balaban J connectivity index is 2.09. The lowest BCUT2D eigenvalue weighted by atomic mass is 9.96. The van der Waals surface area contributed by atoms with Gasteiger partial charge in [-0.05, 0) is 43.4 Å². The van der Waals surface area contributed by atoms with Crippen LogP contribution in [0.5, 0.6) is 0 Å². The third kappa shape index (κ3) is 4.58. The van der Waals surface area contributed by atoms with Crippen LogP contribution in [0.15, 0.2) is 35.3 Å². The molecule has 1 aromatic heterocycles. The van der Waals surface area contributed by atoms with Gasteiger partial charge in [-0.25, -0.2) is 4.79 Å². The number of nitrogens with one attached hydrogen (secondary N) is 2. The number of nitrogens with zero attached hydrogens (tertiary/aromatic N) is 1. The molecule has 0 aliphatic rings. The molecule has 2 N–H and O–H groups in total. The SMILES string of the molecule is Cc1c[nH]c(=O)n1-c1cccc(NC(=O)CC(C)CC(C)C)c1. The van der Waals surface area contributed by atoms with Crippen molar-refractivity contribution < 1.29 is 4.79 Å². The Hall–Kier alpha value is -2.30. The van der Waals surface area contributed by atoms with Crippen molar-refractivity contribution in [2.75, 3.05) is 5.32 Å². The second-order valence-electron chi connectivity index (χ2n) is 6.61. The average molecular weight is 315 g/mol. The normalized spacial score (nSPS) is 12.4. The van der Waals surface area contributed by atoms with Crippen molar-refractivity contribution in [3.8, 4) is 5.69 Å². The Bertz CT molecular complexity index is 728. The summed E-state index contributed by atoms with van der Waals surface area (Å²) in [5.41, 5.74) is 2.08. The Morgan fingerprint density at radius 1 is 1.30 bits per heavy atom. The van der Waals surface area contributed by atoms with Crippen LogP contribution in [-0.2, 0) is 4.79 Å². The van der Waals surface area contributed by atoms with Gasteiger partial charge >= 0.3 is 5.69 Å². The Kier molecular flexibility index (Phi) is 5.42. The average Bonchev–Trinajstić information content (AvgIpc) is 2.77. The molecule has 2 rings (SSSR count). The van der Waals surface area contributed by atoms with E-state index in [0.29, 0.717) is 23.9 Å². The summed E-state index contributed by atoms with van der Waals surface area (Å²) >= 11 is 0. The number of aryl methyl sites for hydroxylation is 1. The highest BCUT2D eigenvalue weighted by molar-refractivity contribution is 5.91. The number of hydrogen-bond donors (Lipinski definition) is 2. The molecule has 2 aromatic rings. The van der Waals surface area contributed by atoms with E-state index in [1.165, 1.54) is 0 Å². The molecule has 0 fully saturated rings. The van der Waals surface area contributed by atoms with E-state index in [4.69, 9.17) is 0 Å². The lowest BCUT2D eigenvalue weighted by molar-refractivity contribution is -0.117. The van der Waals surface area contributed by atoms with Crippen LogP contribution in [0.25, 0.3) is 5.69 Å². The van der Waals surface area contributed by atoms with Crippen LogP contribution < -0.4 is 11.0 Å². The van der Waals surface area contributed by atoms with Gasteiger partial charge in [0.05, 0.1) is 5.69 Å². The van der Waals surface area contributed by atoms with Gasteiger partial charge in [0.25, 0.3) is 0 Å². The van der Waals surface area contributed by atoms with E-state index >= 15 is 0 Å². The molecule has 0 radical (unpaired) electrons. The molecule has 0 saturated heterocycles. The van der Waals surface area contributed by atoms with Gasteiger partial charge in [-0.2, -0.15) is 0 Å². The summed E-state index contributed by atoms with van der Waals surface area (Å²) < 4.78 is 1.58. The lowest BCUT2D eigenvalue weighted by Crippen LogP contribution is -2.18. The number of amides is 1. The minimum Gasteiger partial charge on any atom is -0.326 e. The summed E-state index contributed by atoms with van der Waals surface area (Å²) in [6, 6.07) is 7.33. The van der Waals surface area contributed by atoms with Gasteiger partial charge in [0.15, 0.2) is 0 Å². The second kappa shape index (κ2) is 7.31. The molecule has 0 aliphatic carbocycles. The molecule has 0 spiro atoms. The van der Waals surface area contributed by atoms with Gasteiger partial charge < -0.3 is 10.3 Å². The maximum absolute atomic E-state index is 12.2. The van der Waals surface area contributed by atoms with Crippen molar-refractivity contribution in [2.45, 2.75) is 40.5 Å². The summed E-state index contributed by atoms with van der Waals surface area (Å²) in [4.78, 5) is 26.7. The lowest BCUT2D eigenvalue weighted by Gasteiger charge is -2.14. The van der Waals surface area contributed by atoms with Gasteiger partial charge in [0.1, 0.15) is 0 Å². The van der Waals surface area contributed by atoms with E-state index in [-0.39, 0.29) is 11.6 Å². The monoisotopic (exact) mass is 315 g/mol. The highest BCUT2D eigenvalue weighted by Crippen LogP contribution is 2.18. The number of hydrogen-bond acceptors (Lipinski definition) is 2. The van der Waals surface area contributed by atoms with Crippen molar-refractivity contribution in [3.05, 3.63) is 46.6 Å². The number of benzene rings is 1. The molecule has 0 aliphatic heterocycles. The molecular weight excluding hydrogens is 290 g/mol. The molecule has 1 heterocycles. The minimum absolute atomic E-state index is 0.00781. The molecule has 1 unspecified atom stereocenters. The van der Waals surface area contributed by atoms with Crippen LogP contribution in [0.2, 0.25) is 0 Å². The quantitative estimate of drug-likeness (QED) is 0.857. The molecule has 0 bridgehead atoms. The molecule has 1 aromatic carbocycles. The Morgan fingerprint density at radius 3 is 2.65 bits per heavy atom. The molecule has 23 heavy (non-hydrogen) atoms. The predicted octanol–water partition coefficient (Wildman–Crippen LogP) is 3.48. The standard InChI is InChI=1S/C18H25N3O2/c1-12(2)8-13(3)9-17(22)20-15-6-5-7-16(10-15)21-14(4)11-19-18(21)23/h5-7,10-13H,8-9H2,1-4H3,(H,19,23)(H,20,22). The first-order valence-corrected chi connectivity index (χ1v) is 8.04.